The molecule has 0 bridgehead atoms. The summed E-state index contributed by atoms with van der Waals surface area (Å²) in [6, 6.07) is 5.14. The van der Waals surface area contributed by atoms with Crippen LogP contribution in [-0.2, 0) is 11.2 Å². The molecule has 0 aliphatic carbocycles. The maximum Gasteiger partial charge on any atom is 0.229 e. The van der Waals surface area contributed by atoms with Crippen molar-refractivity contribution in [3.8, 4) is 5.88 Å². The Hall–Kier alpha value is -3.81. The topological polar surface area (TPSA) is 89.0 Å². The van der Waals surface area contributed by atoms with Crippen LogP contribution in [0.15, 0.2) is 43.2 Å². The first-order valence-corrected chi connectivity index (χ1v) is 9.64. The maximum absolute atomic E-state index is 14.8. The van der Waals surface area contributed by atoms with Crippen molar-refractivity contribution >= 4 is 28.9 Å². The zero-order chi connectivity index (χ0) is 22.5. The van der Waals surface area contributed by atoms with E-state index in [9.17, 15) is 9.18 Å². The van der Waals surface area contributed by atoms with Crippen LogP contribution < -0.4 is 15.4 Å². The highest BCUT2D eigenvalue weighted by atomic mass is 19.1. The van der Waals surface area contributed by atoms with E-state index in [-0.39, 0.29) is 17.8 Å². The van der Waals surface area contributed by atoms with Gasteiger partial charge in [0.2, 0.25) is 11.8 Å². The third-order valence-corrected chi connectivity index (χ3v) is 4.77. The standard InChI is InChI=1S/C23H24FN5O2/c1-6-16(30)9-17-18(8-7-13(2)21(17)24)27-22-15(4)12-26-23(29-22)28-19-10-20(31-5)25-11-14(19)3/h6-8,10-12H,1,9H2,2-5H3,(H2,25,26,27,28,29). The van der Waals surface area contributed by atoms with Gasteiger partial charge in [0.05, 0.1) is 12.8 Å². The molecule has 7 nitrogen and oxygen atoms in total. The van der Waals surface area contributed by atoms with Crippen LogP contribution in [0.1, 0.15) is 22.3 Å². The first-order chi connectivity index (χ1) is 14.8. The van der Waals surface area contributed by atoms with Gasteiger partial charge in [0.1, 0.15) is 11.6 Å². The first kappa shape index (κ1) is 21.9. The van der Waals surface area contributed by atoms with Crippen molar-refractivity contribution < 1.29 is 13.9 Å². The maximum atomic E-state index is 14.8. The molecule has 8 heteroatoms. The lowest BCUT2D eigenvalue weighted by Crippen LogP contribution is -2.09. The Morgan fingerprint density at radius 1 is 1.10 bits per heavy atom. The van der Waals surface area contributed by atoms with Gasteiger partial charge in [0.25, 0.3) is 0 Å². The van der Waals surface area contributed by atoms with Crippen molar-refractivity contribution in [1.82, 2.24) is 15.0 Å². The van der Waals surface area contributed by atoms with Crippen molar-refractivity contribution in [3.63, 3.8) is 0 Å². The second-order valence-electron chi connectivity index (χ2n) is 7.09. The third-order valence-electron chi connectivity index (χ3n) is 4.77. The highest BCUT2D eigenvalue weighted by molar-refractivity contribution is 5.92. The lowest BCUT2D eigenvalue weighted by Gasteiger charge is -2.16. The molecule has 2 heterocycles. The number of benzene rings is 1. The summed E-state index contributed by atoms with van der Waals surface area (Å²) >= 11 is 0. The van der Waals surface area contributed by atoms with Crippen molar-refractivity contribution in [2.45, 2.75) is 27.2 Å². The van der Waals surface area contributed by atoms with Gasteiger partial charge < -0.3 is 15.4 Å². The van der Waals surface area contributed by atoms with Crippen molar-refractivity contribution in [2.24, 2.45) is 0 Å². The number of ketones is 1. The lowest BCUT2D eigenvalue weighted by atomic mass is 10.0. The van der Waals surface area contributed by atoms with Gasteiger partial charge in [0.15, 0.2) is 5.78 Å². The van der Waals surface area contributed by atoms with Crippen molar-refractivity contribution in [1.29, 1.82) is 0 Å². The molecule has 0 saturated carbocycles. The average Bonchev–Trinajstić information content (AvgIpc) is 2.76. The monoisotopic (exact) mass is 421 g/mol. The molecule has 160 valence electrons. The molecular formula is C23H24FN5O2. The molecule has 0 aliphatic rings. The Kier molecular flexibility index (Phi) is 6.59. The minimum Gasteiger partial charge on any atom is -0.481 e. The van der Waals surface area contributed by atoms with E-state index in [1.165, 1.54) is 6.08 Å². The smallest absolute Gasteiger partial charge is 0.229 e. The van der Waals surface area contributed by atoms with Gasteiger partial charge in [-0.2, -0.15) is 4.98 Å². The Labute approximate surface area is 180 Å². The van der Waals surface area contributed by atoms with E-state index in [2.05, 4.69) is 32.2 Å². The molecule has 3 aromatic rings. The lowest BCUT2D eigenvalue weighted by molar-refractivity contribution is -0.114. The number of carbonyl (C=O) groups is 1. The minimum atomic E-state index is -0.426. The second kappa shape index (κ2) is 9.34. The quantitative estimate of drug-likeness (QED) is 0.508. The summed E-state index contributed by atoms with van der Waals surface area (Å²) in [7, 11) is 1.54. The number of carbonyl (C=O) groups excluding carboxylic acids is 1. The van der Waals surface area contributed by atoms with Crippen LogP contribution in [0, 0.1) is 26.6 Å². The number of aromatic nitrogens is 3. The van der Waals surface area contributed by atoms with Gasteiger partial charge >= 0.3 is 0 Å². The summed E-state index contributed by atoms with van der Waals surface area (Å²) in [5.74, 6) is 0.610. The number of halogens is 1. The molecule has 3 rings (SSSR count). The van der Waals surface area contributed by atoms with Crippen LogP contribution in [0.5, 0.6) is 5.88 Å². The first-order valence-electron chi connectivity index (χ1n) is 9.64. The number of hydrogen-bond acceptors (Lipinski definition) is 7. The Balaban J connectivity index is 1.94. The van der Waals surface area contributed by atoms with Gasteiger partial charge in [0, 0.05) is 41.7 Å². The molecule has 0 unspecified atom stereocenters. The summed E-state index contributed by atoms with van der Waals surface area (Å²) in [4.78, 5) is 24.9. The van der Waals surface area contributed by atoms with Crippen LogP contribution in [0.25, 0.3) is 0 Å². The van der Waals surface area contributed by atoms with Gasteiger partial charge in [-0.25, -0.2) is 14.4 Å². The molecule has 2 N–H and O–H groups in total. The molecule has 0 saturated heterocycles. The predicted octanol–water partition coefficient (Wildman–Crippen LogP) is 4.73. The number of nitrogens with zero attached hydrogens (tertiary/aromatic N) is 3. The number of ether oxygens (including phenoxy) is 1. The van der Waals surface area contributed by atoms with Crippen LogP contribution in [0.2, 0.25) is 0 Å². The highest BCUT2D eigenvalue weighted by Crippen LogP contribution is 2.28. The van der Waals surface area contributed by atoms with Gasteiger partial charge in [-0.15, -0.1) is 0 Å². The highest BCUT2D eigenvalue weighted by Gasteiger charge is 2.16. The molecule has 31 heavy (non-hydrogen) atoms. The summed E-state index contributed by atoms with van der Waals surface area (Å²) in [5, 5.41) is 6.30. The Morgan fingerprint density at radius 3 is 2.55 bits per heavy atom. The molecule has 0 amide bonds. The second-order valence-corrected chi connectivity index (χ2v) is 7.09. The Morgan fingerprint density at radius 2 is 1.84 bits per heavy atom. The van der Waals surface area contributed by atoms with Crippen LogP contribution in [-0.4, -0.2) is 27.8 Å². The van der Waals surface area contributed by atoms with Gasteiger partial charge in [-0.05, 0) is 44.0 Å². The van der Waals surface area contributed by atoms with E-state index in [0.717, 1.165) is 16.8 Å². The fraction of sp³-hybridized carbons (Fsp3) is 0.217. The normalized spacial score (nSPS) is 10.5. The molecule has 1 aromatic carbocycles. The minimum absolute atomic E-state index is 0.0927. The molecule has 0 radical (unpaired) electrons. The fourth-order valence-corrected chi connectivity index (χ4v) is 2.90. The number of rotatable bonds is 8. The zero-order valence-corrected chi connectivity index (χ0v) is 17.9. The number of aryl methyl sites for hydroxylation is 3. The van der Waals surface area contributed by atoms with Crippen LogP contribution >= 0.6 is 0 Å². The molecule has 2 aromatic heterocycles. The molecular weight excluding hydrogens is 397 g/mol. The SMILES string of the molecule is C=CC(=O)Cc1c(Nc2nc(Nc3cc(OC)ncc3C)ncc2C)ccc(C)c1F. The fourth-order valence-electron chi connectivity index (χ4n) is 2.90. The molecule has 0 atom stereocenters. The van der Waals surface area contributed by atoms with E-state index < -0.39 is 5.82 Å². The van der Waals surface area contributed by atoms with E-state index in [1.807, 2.05) is 13.8 Å². The van der Waals surface area contributed by atoms with Crippen molar-refractivity contribution in [3.05, 3.63) is 71.3 Å². The van der Waals surface area contributed by atoms with E-state index in [0.29, 0.717) is 28.9 Å². The number of hydrogen-bond donors (Lipinski definition) is 2. The number of allylic oxidation sites excluding steroid dienone is 1. The average molecular weight is 421 g/mol. The number of pyridine rings is 1. The summed E-state index contributed by atoms with van der Waals surface area (Å²) in [5.41, 5.74) is 3.60. The van der Waals surface area contributed by atoms with Crippen molar-refractivity contribution in [2.75, 3.05) is 17.7 Å². The zero-order valence-electron chi connectivity index (χ0n) is 17.9. The van der Waals surface area contributed by atoms with Gasteiger partial charge in [-0.1, -0.05) is 12.6 Å². The van der Waals surface area contributed by atoms with E-state index in [1.54, 1.807) is 44.6 Å². The summed E-state index contributed by atoms with van der Waals surface area (Å²) in [6.07, 6.45) is 4.44. The molecule has 0 aliphatic heterocycles. The summed E-state index contributed by atoms with van der Waals surface area (Å²) in [6.45, 7) is 8.87. The van der Waals surface area contributed by atoms with E-state index >= 15 is 0 Å². The van der Waals surface area contributed by atoms with E-state index in [4.69, 9.17) is 4.74 Å². The van der Waals surface area contributed by atoms with Crippen LogP contribution in [0.3, 0.4) is 0 Å². The summed E-state index contributed by atoms with van der Waals surface area (Å²) < 4.78 is 19.9. The number of anilines is 4. The molecule has 0 spiro atoms. The third kappa shape index (κ3) is 5.03. The molecule has 0 fully saturated rings. The number of nitrogens with one attached hydrogen (secondary N) is 2. The predicted molar refractivity (Wildman–Crippen MR) is 119 cm³/mol. The van der Waals surface area contributed by atoms with Gasteiger partial charge in [-0.3, -0.25) is 4.79 Å². The largest absolute Gasteiger partial charge is 0.481 e. The Bertz CT molecular complexity index is 1150. The number of methoxy groups -OCH3 is 1. The van der Waals surface area contributed by atoms with Crippen LogP contribution in [0.4, 0.5) is 27.5 Å².